The Hall–Kier alpha value is -1.67. The lowest BCUT2D eigenvalue weighted by Crippen LogP contribution is -2.34. The first kappa shape index (κ1) is 13.3. The van der Waals surface area contributed by atoms with Gasteiger partial charge < -0.3 is 10.1 Å². The summed E-state index contributed by atoms with van der Waals surface area (Å²) in [6, 6.07) is 16.7. The molecule has 0 aliphatic heterocycles. The quantitative estimate of drug-likeness (QED) is 0.879. The van der Waals surface area contributed by atoms with Gasteiger partial charge >= 0.3 is 0 Å². The van der Waals surface area contributed by atoms with Crippen LogP contribution in [0.25, 0.3) is 0 Å². The molecule has 1 aliphatic rings. The number of hydrogen-bond acceptors (Lipinski definition) is 2. The van der Waals surface area contributed by atoms with Crippen LogP contribution in [-0.2, 0) is 0 Å². The van der Waals surface area contributed by atoms with Crippen molar-refractivity contribution < 1.29 is 4.74 Å². The molecule has 0 heterocycles. The van der Waals surface area contributed by atoms with Crippen molar-refractivity contribution in [3.8, 4) is 5.75 Å². The van der Waals surface area contributed by atoms with Crippen molar-refractivity contribution in [3.63, 3.8) is 0 Å². The average Bonchev–Trinajstić information content (AvgIpc) is 2.44. The molecule has 2 aromatic carbocycles. The zero-order valence-electron chi connectivity index (χ0n) is 11.5. The lowest BCUT2D eigenvalue weighted by atomic mass is 9.75. The second-order valence-electron chi connectivity index (χ2n) is 5.26. The van der Waals surface area contributed by atoms with Crippen molar-refractivity contribution in [1.29, 1.82) is 0 Å². The van der Waals surface area contributed by atoms with E-state index in [1.54, 1.807) is 7.11 Å². The van der Waals surface area contributed by atoms with Crippen LogP contribution in [0.4, 0.5) is 5.69 Å². The van der Waals surface area contributed by atoms with E-state index >= 15 is 0 Å². The Morgan fingerprint density at radius 1 is 1.05 bits per heavy atom. The summed E-state index contributed by atoms with van der Waals surface area (Å²) in [5.41, 5.74) is 2.46. The van der Waals surface area contributed by atoms with E-state index in [1.165, 1.54) is 5.56 Å². The monoisotopic (exact) mass is 287 g/mol. The zero-order chi connectivity index (χ0) is 13.9. The molecule has 0 atom stereocenters. The highest BCUT2D eigenvalue weighted by molar-refractivity contribution is 6.30. The Bertz CT molecular complexity index is 576. The first-order valence-corrected chi connectivity index (χ1v) is 7.29. The van der Waals surface area contributed by atoms with E-state index in [4.69, 9.17) is 16.3 Å². The van der Waals surface area contributed by atoms with Gasteiger partial charge in [0.25, 0.3) is 0 Å². The maximum Gasteiger partial charge on any atom is 0.122 e. The maximum atomic E-state index is 5.89. The van der Waals surface area contributed by atoms with Crippen LogP contribution >= 0.6 is 11.6 Å². The molecule has 2 aromatic rings. The fourth-order valence-electron chi connectivity index (χ4n) is 2.78. The van der Waals surface area contributed by atoms with Crippen LogP contribution < -0.4 is 10.1 Å². The van der Waals surface area contributed by atoms with E-state index < -0.39 is 0 Å². The molecule has 0 bridgehead atoms. The van der Waals surface area contributed by atoms with Crippen LogP contribution in [0.5, 0.6) is 5.75 Å². The smallest absolute Gasteiger partial charge is 0.122 e. The Morgan fingerprint density at radius 3 is 2.45 bits per heavy atom. The number of para-hydroxylation sites is 1. The first-order chi connectivity index (χ1) is 9.76. The summed E-state index contributed by atoms with van der Waals surface area (Å²) in [7, 11) is 1.74. The number of nitrogens with one attached hydrogen (secondary N) is 1. The minimum atomic E-state index is 0.533. The van der Waals surface area contributed by atoms with Crippen molar-refractivity contribution in [2.24, 2.45) is 0 Å². The van der Waals surface area contributed by atoms with Gasteiger partial charge in [0.1, 0.15) is 5.75 Å². The Morgan fingerprint density at radius 2 is 1.75 bits per heavy atom. The molecule has 1 fully saturated rings. The lowest BCUT2D eigenvalue weighted by Gasteiger charge is -2.37. The molecule has 104 valence electrons. The number of benzene rings is 2. The number of anilines is 1. The lowest BCUT2D eigenvalue weighted by molar-refractivity contribution is 0.350. The molecule has 0 saturated heterocycles. The van der Waals surface area contributed by atoms with E-state index in [9.17, 15) is 0 Å². The number of rotatable bonds is 4. The van der Waals surface area contributed by atoms with Gasteiger partial charge in [-0.25, -0.2) is 0 Å². The summed E-state index contributed by atoms with van der Waals surface area (Å²) < 4.78 is 5.43. The number of halogens is 1. The van der Waals surface area contributed by atoms with Crippen molar-refractivity contribution in [2.45, 2.75) is 24.8 Å². The highest BCUT2D eigenvalue weighted by Crippen LogP contribution is 2.42. The van der Waals surface area contributed by atoms with Gasteiger partial charge in [-0.1, -0.05) is 29.8 Å². The molecule has 3 rings (SSSR count). The highest BCUT2D eigenvalue weighted by atomic mass is 35.5. The SMILES string of the molecule is COc1ccccc1C1CC(Nc2ccc(Cl)cc2)C1. The van der Waals surface area contributed by atoms with Crippen molar-refractivity contribution in [2.75, 3.05) is 12.4 Å². The van der Waals surface area contributed by atoms with Gasteiger partial charge in [-0.3, -0.25) is 0 Å². The van der Waals surface area contributed by atoms with Gasteiger partial charge in [0, 0.05) is 16.8 Å². The molecule has 1 aliphatic carbocycles. The van der Waals surface area contributed by atoms with Gasteiger partial charge in [0.05, 0.1) is 7.11 Å². The fraction of sp³-hybridized carbons (Fsp3) is 0.294. The van der Waals surface area contributed by atoms with Crippen LogP contribution in [0.1, 0.15) is 24.3 Å². The van der Waals surface area contributed by atoms with E-state index in [0.29, 0.717) is 12.0 Å². The molecule has 3 heteroatoms. The van der Waals surface area contributed by atoms with E-state index in [0.717, 1.165) is 29.3 Å². The third kappa shape index (κ3) is 2.75. The zero-order valence-corrected chi connectivity index (χ0v) is 12.2. The Kier molecular flexibility index (Phi) is 3.83. The normalized spacial score (nSPS) is 21.1. The van der Waals surface area contributed by atoms with E-state index in [-0.39, 0.29) is 0 Å². The molecule has 20 heavy (non-hydrogen) atoms. The highest BCUT2D eigenvalue weighted by Gasteiger charge is 2.31. The van der Waals surface area contributed by atoms with Crippen LogP contribution in [0, 0.1) is 0 Å². The van der Waals surface area contributed by atoms with Crippen molar-refractivity contribution >= 4 is 17.3 Å². The summed E-state index contributed by atoms with van der Waals surface area (Å²) in [4.78, 5) is 0. The fourth-order valence-corrected chi connectivity index (χ4v) is 2.90. The molecule has 0 aromatic heterocycles. The Labute approximate surface area is 124 Å². The second-order valence-corrected chi connectivity index (χ2v) is 5.69. The third-order valence-electron chi connectivity index (χ3n) is 3.93. The summed E-state index contributed by atoms with van der Waals surface area (Å²) in [5.74, 6) is 1.60. The molecule has 1 saturated carbocycles. The summed E-state index contributed by atoms with van der Waals surface area (Å²) in [6.07, 6.45) is 2.28. The minimum Gasteiger partial charge on any atom is -0.496 e. The third-order valence-corrected chi connectivity index (χ3v) is 4.18. The summed E-state index contributed by atoms with van der Waals surface area (Å²) in [6.45, 7) is 0. The first-order valence-electron chi connectivity index (χ1n) is 6.91. The van der Waals surface area contributed by atoms with E-state index in [2.05, 4.69) is 17.4 Å². The Balaban J connectivity index is 1.60. The predicted molar refractivity (Wildman–Crippen MR) is 83.8 cm³/mol. The average molecular weight is 288 g/mol. The number of ether oxygens (including phenoxy) is 1. The predicted octanol–water partition coefficient (Wildman–Crippen LogP) is 4.71. The standard InChI is InChI=1S/C17H18ClNO/c1-20-17-5-3-2-4-16(17)12-10-15(11-12)19-14-8-6-13(18)7-9-14/h2-9,12,15,19H,10-11H2,1H3. The molecule has 2 nitrogen and oxygen atoms in total. The molecule has 0 unspecified atom stereocenters. The second kappa shape index (κ2) is 5.76. The van der Waals surface area contributed by atoms with Gasteiger partial charge in [0.2, 0.25) is 0 Å². The van der Waals surface area contributed by atoms with Gasteiger partial charge in [-0.2, -0.15) is 0 Å². The van der Waals surface area contributed by atoms with E-state index in [1.807, 2.05) is 36.4 Å². The van der Waals surface area contributed by atoms with Crippen LogP contribution in [0.2, 0.25) is 5.02 Å². The minimum absolute atomic E-state index is 0.533. The molecular weight excluding hydrogens is 270 g/mol. The molecular formula is C17H18ClNO. The number of methoxy groups -OCH3 is 1. The topological polar surface area (TPSA) is 21.3 Å². The summed E-state index contributed by atoms with van der Waals surface area (Å²) in [5, 5.41) is 4.32. The van der Waals surface area contributed by atoms with Gasteiger partial charge in [-0.05, 0) is 54.7 Å². The molecule has 0 amide bonds. The molecule has 1 N–H and O–H groups in total. The van der Waals surface area contributed by atoms with Crippen LogP contribution in [-0.4, -0.2) is 13.2 Å². The maximum absolute atomic E-state index is 5.89. The van der Waals surface area contributed by atoms with Gasteiger partial charge in [-0.15, -0.1) is 0 Å². The van der Waals surface area contributed by atoms with Gasteiger partial charge in [0.15, 0.2) is 0 Å². The van der Waals surface area contributed by atoms with Crippen LogP contribution in [0.15, 0.2) is 48.5 Å². The summed E-state index contributed by atoms with van der Waals surface area (Å²) >= 11 is 5.89. The largest absolute Gasteiger partial charge is 0.496 e. The molecule has 0 radical (unpaired) electrons. The van der Waals surface area contributed by atoms with Crippen molar-refractivity contribution in [1.82, 2.24) is 0 Å². The number of hydrogen-bond donors (Lipinski definition) is 1. The molecule has 0 spiro atoms. The van der Waals surface area contributed by atoms with Crippen LogP contribution in [0.3, 0.4) is 0 Å². The van der Waals surface area contributed by atoms with Crippen molar-refractivity contribution in [3.05, 3.63) is 59.1 Å².